The van der Waals surface area contributed by atoms with Gasteiger partial charge in [-0.15, -0.1) is 0 Å². The molecule has 1 aliphatic heterocycles. The molecule has 18 heavy (non-hydrogen) atoms. The Labute approximate surface area is 104 Å². The summed E-state index contributed by atoms with van der Waals surface area (Å²) in [5.74, 6) is -2.88. The molecule has 0 aliphatic carbocycles. The minimum absolute atomic E-state index is 0.0439. The molecule has 2 N–H and O–H groups in total. The number of ether oxygens (including phenoxy) is 2. The van der Waals surface area contributed by atoms with Crippen molar-refractivity contribution in [2.45, 2.75) is 38.8 Å². The van der Waals surface area contributed by atoms with Gasteiger partial charge in [0, 0.05) is 0 Å². The van der Waals surface area contributed by atoms with Crippen LogP contribution in [0.5, 0.6) is 0 Å². The summed E-state index contributed by atoms with van der Waals surface area (Å²) in [6.07, 6.45) is -0.667. The van der Waals surface area contributed by atoms with Crippen LogP contribution in [-0.4, -0.2) is 41.4 Å². The molecule has 1 fully saturated rings. The molecule has 0 unspecified atom stereocenters. The Morgan fingerprint density at radius 3 is 2.56 bits per heavy atom. The van der Waals surface area contributed by atoms with Gasteiger partial charge in [-0.05, 0) is 27.2 Å². The van der Waals surface area contributed by atoms with Crippen molar-refractivity contribution in [3.05, 3.63) is 0 Å². The Balaban J connectivity index is 2.69. The maximum absolute atomic E-state index is 11.5. The van der Waals surface area contributed by atoms with Crippen molar-refractivity contribution in [1.82, 2.24) is 5.32 Å². The molecular formula is C11H17NO6. The number of hydrogen-bond acceptors (Lipinski definition) is 5. The fourth-order valence-electron chi connectivity index (χ4n) is 1.57. The van der Waals surface area contributed by atoms with Crippen LogP contribution in [0.3, 0.4) is 0 Å². The molecule has 1 aliphatic rings. The molecular weight excluding hydrogens is 242 g/mol. The molecule has 1 rings (SSSR count). The third-order valence-electron chi connectivity index (χ3n) is 2.32. The summed E-state index contributed by atoms with van der Waals surface area (Å²) in [7, 11) is 0. The van der Waals surface area contributed by atoms with Gasteiger partial charge in [-0.3, -0.25) is 4.79 Å². The Morgan fingerprint density at radius 2 is 2.06 bits per heavy atom. The Kier molecular flexibility index (Phi) is 4.15. The predicted molar refractivity (Wildman–Crippen MR) is 59.9 cm³/mol. The van der Waals surface area contributed by atoms with E-state index >= 15 is 0 Å². The number of amides is 1. The summed E-state index contributed by atoms with van der Waals surface area (Å²) >= 11 is 0. The first-order valence-corrected chi connectivity index (χ1v) is 5.59. The van der Waals surface area contributed by atoms with Crippen molar-refractivity contribution in [2.75, 3.05) is 6.61 Å². The third kappa shape index (κ3) is 3.90. The van der Waals surface area contributed by atoms with Gasteiger partial charge in [-0.2, -0.15) is 0 Å². The molecule has 7 heteroatoms. The molecule has 1 heterocycles. The summed E-state index contributed by atoms with van der Waals surface area (Å²) in [5, 5.41) is 11.2. The third-order valence-corrected chi connectivity index (χ3v) is 2.32. The maximum Gasteiger partial charge on any atom is 0.408 e. The van der Waals surface area contributed by atoms with E-state index in [4.69, 9.17) is 14.6 Å². The van der Waals surface area contributed by atoms with E-state index < -0.39 is 35.6 Å². The largest absolute Gasteiger partial charge is 0.481 e. The van der Waals surface area contributed by atoms with Crippen LogP contribution in [0.2, 0.25) is 0 Å². The van der Waals surface area contributed by atoms with Gasteiger partial charge in [0.25, 0.3) is 0 Å². The number of alkyl carbamates (subject to hydrolysis) is 1. The van der Waals surface area contributed by atoms with Crippen molar-refractivity contribution < 1.29 is 29.0 Å². The Morgan fingerprint density at radius 1 is 1.44 bits per heavy atom. The lowest BCUT2D eigenvalue weighted by Crippen LogP contribution is -2.53. The highest BCUT2D eigenvalue weighted by Crippen LogP contribution is 2.18. The molecule has 0 saturated carbocycles. The van der Waals surface area contributed by atoms with E-state index in [0.717, 1.165) is 0 Å². The number of rotatable bonds is 2. The van der Waals surface area contributed by atoms with E-state index in [1.165, 1.54) is 0 Å². The highest BCUT2D eigenvalue weighted by Gasteiger charge is 2.40. The van der Waals surface area contributed by atoms with Gasteiger partial charge in [0.15, 0.2) is 0 Å². The number of carboxylic acids is 1. The van der Waals surface area contributed by atoms with E-state index in [9.17, 15) is 14.4 Å². The lowest BCUT2D eigenvalue weighted by molar-refractivity contribution is -0.161. The summed E-state index contributed by atoms with van der Waals surface area (Å²) in [6, 6.07) is -1.20. The van der Waals surface area contributed by atoms with Crippen LogP contribution in [0.25, 0.3) is 0 Å². The predicted octanol–water partition coefficient (Wildman–Crippen LogP) is 0.527. The van der Waals surface area contributed by atoms with Gasteiger partial charge in [-0.1, -0.05) is 0 Å². The SMILES string of the molecule is CC(C)(C)OC(=O)N[C@@H]1C(=O)OCC[C@H]1C(=O)O. The van der Waals surface area contributed by atoms with Crippen molar-refractivity contribution in [3.8, 4) is 0 Å². The quantitative estimate of drug-likeness (QED) is 0.701. The van der Waals surface area contributed by atoms with E-state index in [1.54, 1.807) is 20.8 Å². The van der Waals surface area contributed by atoms with Crippen LogP contribution in [0.15, 0.2) is 0 Å². The molecule has 0 aromatic heterocycles. The van der Waals surface area contributed by atoms with Crippen molar-refractivity contribution in [1.29, 1.82) is 0 Å². The molecule has 102 valence electrons. The lowest BCUT2D eigenvalue weighted by atomic mass is 9.94. The zero-order chi connectivity index (χ0) is 13.9. The molecule has 0 aromatic rings. The summed E-state index contributed by atoms with van der Waals surface area (Å²) < 4.78 is 9.70. The minimum atomic E-state index is -1.20. The summed E-state index contributed by atoms with van der Waals surface area (Å²) in [4.78, 5) is 33.9. The fourth-order valence-corrected chi connectivity index (χ4v) is 1.57. The number of esters is 1. The maximum atomic E-state index is 11.5. The molecule has 0 aromatic carbocycles. The topological polar surface area (TPSA) is 102 Å². The van der Waals surface area contributed by atoms with Crippen LogP contribution < -0.4 is 5.32 Å². The van der Waals surface area contributed by atoms with Gasteiger partial charge in [0.2, 0.25) is 0 Å². The van der Waals surface area contributed by atoms with Crippen LogP contribution in [0.1, 0.15) is 27.2 Å². The van der Waals surface area contributed by atoms with Crippen LogP contribution in [0, 0.1) is 5.92 Å². The lowest BCUT2D eigenvalue weighted by Gasteiger charge is -2.29. The second-order valence-corrected chi connectivity index (χ2v) is 5.02. The van der Waals surface area contributed by atoms with Crippen molar-refractivity contribution >= 4 is 18.0 Å². The number of aliphatic carboxylic acids is 1. The summed E-state index contributed by atoms with van der Waals surface area (Å²) in [6.45, 7) is 5.05. The first kappa shape index (κ1) is 14.3. The first-order valence-electron chi connectivity index (χ1n) is 5.59. The molecule has 0 bridgehead atoms. The standard InChI is InChI=1S/C11H17NO6/c1-11(2,3)18-10(16)12-7-6(8(13)14)4-5-17-9(7)15/h6-7H,4-5H2,1-3H3,(H,12,16)(H,13,14)/t6-,7+/m1/s1. The van der Waals surface area contributed by atoms with E-state index in [0.29, 0.717) is 0 Å². The molecule has 2 atom stereocenters. The monoisotopic (exact) mass is 259 g/mol. The van der Waals surface area contributed by atoms with Crippen LogP contribution >= 0.6 is 0 Å². The number of nitrogens with one attached hydrogen (secondary N) is 1. The fraction of sp³-hybridized carbons (Fsp3) is 0.727. The molecule has 1 amide bonds. The number of carbonyl (C=O) groups is 3. The smallest absolute Gasteiger partial charge is 0.408 e. The zero-order valence-electron chi connectivity index (χ0n) is 10.6. The second-order valence-electron chi connectivity index (χ2n) is 5.02. The molecule has 0 spiro atoms. The molecule has 0 radical (unpaired) electrons. The Bertz CT molecular complexity index is 359. The van der Waals surface area contributed by atoms with Gasteiger partial charge in [0.1, 0.15) is 11.6 Å². The number of hydrogen-bond donors (Lipinski definition) is 2. The van der Waals surface area contributed by atoms with Crippen LogP contribution in [0.4, 0.5) is 4.79 Å². The normalized spacial score (nSPS) is 24.1. The average Bonchev–Trinajstić information content (AvgIpc) is 2.17. The number of carbonyl (C=O) groups excluding carboxylic acids is 2. The highest BCUT2D eigenvalue weighted by molar-refractivity contribution is 5.88. The van der Waals surface area contributed by atoms with Crippen molar-refractivity contribution in [2.24, 2.45) is 5.92 Å². The van der Waals surface area contributed by atoms with E-state index in [-0.39, 0.29) is 13.0 Å². The minimum Gasteiger partial charge on any atom is -0.481 e. The number of carboxylic acid groups (broad SMARTS) is 1. The molecule has 1 saturated heterocycles. The zero-order valence-corrected chi connectivity index (χ0v) is 10.6. The van der Waals surface area contributed by atoms with E-state index in [2.05, 4.69) is 5.32 Å². The average molecular weight is 259 g/mol. The summed E-state index contributed by atoms with van der Waals surface area (Å²) in [5.41, 5.74) is -0.721. The highest BCUT2D eigenvalue weighted by atomic mass is 16.6. The molecule has 7 nitrogen and oxygen atoms in total. The van der Waals surface area contributed by atoms with E-state index in [1.807, 2.05) is 0 Å². The van der Waals surface area contributed by atoms with Gasteiger partial charge >= 0.3 is 18.0 Å². The first-order chi connectivity index (χ1) is 8.20. The Hall–Kier alpha value is -1.79. The van der Waals surface area contributed by atoms with Gasteiger partial charge in [0.05, 0.1) is 12.5 Å². The van der Waals surface area contributed by atoms with Gasteiger partial charge < -0.3 is 19.9 Å². The van der Waals surface area contributed by atoms with Crippen LogP contribution in [-0.2, 0) is 19.1 Å². The van der Waals surface area contributed by atoms with Gasteiger partial charge in [-0.25, -0.2) is 9.59 Å². The second kappa shape index (κ2) is 5.24. The number of cyclic esters (lactones) is 1. The van der Waals surface area contributed by atoms with Crippen molar-refractivity contribution in [3.63, 3.8) is 0 Å².